The van der Waals surface area contributed by atoms with Crippen LogP contribution in [0.4, 0.5) is 0 Å². The van der Waals surface area contributed by atoms with Gasteiger partial charge in [0.05, 0.1) is 0 Å². The number of rotatable bonds is 4. The predicted molar refractivity (Wildman–Crippen MR) is 140 cm³/mol. The van der Waals surface area contributed by atoms with Gasteiger partial charge in [0, 0.05) is 17.7 Å². The van der Waals surface area contributed by atoms with Crippen molar-refractivity contribution in [1.82, 2.24) is 0 Å². The summed E-state index contributed by atoms with van der Waals surface area (Å²) < 4.78 is 0. The standard InChI is InChI=1S/C32H29N/c33-21-30-29(20-25-16-7-9-17-26(25)31(30)23-13-5-2-6-14-23)32-27-18-10-8-15-24(27)19-28(32)22-11-3-1-4-12-22/h1,3-4,7-12,15-21,23,32-33H,2,5-6,13-14H2. The summed E-state index contributed by atoms with van der Waals surface area (Å²) in [7, 11) is 0. The van der Waals surface area contributed by atoms with Crippen LogP contribution in [0, 0.1) is 5.41 Å². The second kappa shape index (κ2) is 8.48. The fraction of sp³-hybridized carbons (Fsp3) is 0.219. The Labute approximate surface area is 196 Å². The van der Waals surface area contributed by atoms with E-state index in [0.717, 1.165) is 5.56 Å². The van der Waals surface area contributed by atoms with Gasteiger partial charge in [-0.15, -0.1) is 0 Å². The van der Waals surface area contributed by atoms with Crippen LogP contribution in [0.25, 0.3) is 22.4 Å². The molecule has 4 aromatic carbocycles. The van der Waals surface area contributed by atoms with Crippen LogP contribution in [-0.2, 0) is 0 Å². The molecule has 162 valence electrons. The molecule has 1 saturated carbocycles. The Morgan fingerprint density at radius 2 is 1.45 bits per heavy atom. The molecule has 0 radical (unpaired) electrons. The van der Waals surface area contributed by atoms with Crippen molar-refractivity contribution in [2.24, 2.45) is 0 Å². The molecule has 0 heterocycles. The van der Waals surface area contributed by atoms with Gasteiger partial charge in [0.25, 0.3) is 0 Å². The van der Waals surface area contributed by atoms with Gasteiger partial charge in [0.1, 0.15) is 0 Å². The molecule has 0 bridgehead atoms. The molecule has 0 aromatic heterocycles. The summed E-state index contributed by atoms with van der Waals surface area (Å²) in [6.07, 6.45) is 10.4. The molecule has 6 rings (SSSR count). The fourth-order valence-electron chi connectivity index (χ4n) is 6.18. The molecule has 33 heavy (non-hydrogen) atoms. The summed E-state index contributed by atoms with van der Waals surface area (Å²) in [5, 5.41) is 11.2. The maximum Gasteiger partial charge on any atom is 0.0358 e. The van der Waals surface area contributed by atoms with E-state index >= 15 is 0 Å². The summed E-state index contributed by atoms with van der Waals surface area (Å²) in [4.78, 5) is 0. The van der Waals surface area contributed by atoms with Gasteiger partial charge in [0.2, 0.25) is 0 Å². The fourth-order valence-corrected chi connectivity index (χ4v) is 6.18. The first-order chi connectivity index (χ1) is 16.3. The Balaban J connectivity index is 1.63. The molecule has 2 aliphatic carbocycles. The highest BCUT2D eigenvalue weighted by Crippen LogP contribution is 2.49. The summed E-state index contributed by atoms with van der Waals surface area (Å²) in [5.74, 6) is 0.688. The van der Waals surface area contributed by atoms with Gasteiger partial charge in [-0.3, -0.25) is 0 Å². The van der Waals surface area contributed by atoms with Crippen LogP contribution in [-0.4, -0.2) is 6.21 Å². The van der Waals surface area contributed by atoms with E-state index in [0.29, 0.717) is 5.92 Å². The summed E-state index contributed by atoms with van der Waals surface area (Å²) in [6, 6.07) is 30.8. The predicted octanol–water partition coefficient (Wildman–Crippen LogP) is 8.57. The SMILES string of the molecule is N=Cc1c(C2C(c3ccccc3)=Cc3ccccc32)cc2ccccc2c1C1CCCCC1. The normalized spacial score (nSPS) is 18.2. The zero-order valence-corrected chi connectivity index (χ0v) is 18.9. The van der Waals surface area contributed by atoms with Gasteiger partial charge in [0.15, 0.2) is 0 Å². The minimum atomic E-state index is 0.146. The molecule has 1 heteroatoms. The first-order valence-electron chi connectivity index (χ1n) is 12.3. The molecule has 1 atom stereocenters. The van der Waals surface area contributed by atoms with E-state index in [1.165, 1.54) is 76.3 Å². The third kappa shape index (κ3) is 3.43. The lowest BCUT2D eigenvalue weighted by Crippen LogP contribution is -2.13. The van der Waals surface area contributed by atoms with E-state index in [9.17, 15) is 0 Å². The van der Waals surface area contributed by atoms with Gasteiger partial charge in [-0.2, -0.15) is 0 Å². The van der Waals surface area contributed by atoms with Crippen molar-refractivity contribution in [3.8, 4) is 0 Å². The summed E-state index contributed by atoms with van der Waals surface area (Å²) >= 11 is 0. The van der Waals surface area contributed by atoms with Gasteiger partial charge in [-0.25, -0.2) is 0 Å². The Morgan fingerprint density at radius 3 is 2.27 bits per heavy atom. The molecule has 1 N–H and O–H groups in total. The largest absolute Gasteiger partial charge is 0.308 e. The average Bonchev–Trinajstić information content (AvgIpc) is 3.28. The van der Waals surface area contributed by atoms with Gasteiger partial charge in [-0.05, 0) is 75.1 Å². The monoisotopic (exact) mass is 427 g/mol. The smallest absolute Gasteiger partial charge is 0.0358 e. The summed E-state index contributed by atoms with van der Waals surface area (Å²) in [6.45, 7) is 0. The highest BCUT2D eigenvalue weighted by atomic mass is 14.4. The lowest BCUT2D eigenvalue weighted by atomic mass is 9.75. The molecule has 0 amide bonds. The Hall–Kier alpha value is -3.45. The Kier molecular flexibility index (Phi) is 5.19. The second-order valence-corrected chi connectivity index (χ2v) is 9.52. The lowest BCUT2D eigenvalue weighted by Gasteiger charge is -2.29. The van der Waals surface area contributed by atoms with Crippen molar-refractivity contribution in [2.45, 2.75) is 43.9 Å². The number of hydrogen-bond donors (Lipinski definition) is 1. The quantitative estimate of drug-likeness (QED) is 0.315. The number of fused-ring (bicyclic) bond motifs is 2. The summed E-state index contributed by atoms with van der Waals surface area (Å²) in [5.41, 5.74) is 9.09. The molecule has 2 aliphatic rings. The first-order valence-corrected chi connectivity index (χ1v) is 12.3. The molecular weight excluding hydrogens is 398 g/mol. The Bertz CT molecular complexity index is 1360. The van der Waals surface area contributed by atoms with E-state index in [-0.39, 0.29) is 5.92 Å². The van der Waals surface area contributed by atoms with E-state index in [1.54, 1.807) is 6.21 Å². The molecule has 1 fully saturated rings. The number of nitrogens with one attached hydrogen (secondary N) is 1. The molecule has 0 saturated heterocycles. The molecular formula is C32H29N. The van der Waals surface area contributed by atoms with Crippen LogP contribution in [0.1, 0.15) is 77.3 Å². The topological polar surface area (TPSA) is 23.9 Å². The minimum Gasteiger partial charge on any atom is -0.308 e. The second-order valence-electron chi connectivity index (χ2n) is 9.52. The van der Waals surface area contributed by atoms with Crippen LogP contribution in [0.5, 0.6) is 0 Å². The molecule has 1 nitrogen and oxygen atoms in total. The molecule has 1 unspecified atom stereocenters. The average molecular weight is 428 g/mol. The zero-order chi connectivity index (χ0) is 22.2. The van der Waals surface area contributed by atoms with Crippen LogP contribution < -0.4 is 0 Å². The third-order valence-corrected chi connectivity index (χ3v) is 7.67. The van der Waals surface area contributed by atoms with Crippen LogP contribution >= 0.6 is 0 Å². The number of hydrogen-bond acceptors (Lipinski definition) is 1. The Morgan fingerprint density at radius 1 is 0.727 bits per heavy atom. The van der Waals surface area contributed by atoms with Gasteiger partial charge < -0.3 is 5.41 Å². The van der Waals surface area contributed by atoms with Crippen molar-refractivity contribution in [2.75, 3.05) is 0 Å². The van der Waals surface area contributed by atoms with Crippen LogP contribution in [0.15, 0.2) is 84.9 Å². The van der Waals surface area contributed by atoms with Crippen LogP contribution in [0.3, 0.4) is 0 Å². The van der Waals surface area contributed by atoms with Gasteiger partial charge in [-0.1, -0.05) is 98.1 Å². The lowest BCUT2D eigenvalue weighted by molar-refractivity contribution is 0.445. The van der Waals surface area contributed by atoms with Crippen LogP contribution in [0.2, 0.25) is 0 Å². The highest BCUT2D eigenvalue weighted by Gasteiger charge is 2.32. The highest BCUT2D eigenvalue weighted by molar-refractivity contribution is 6.00. The van der Waals surface area contributed by atoms with E-state index in [2.05, 4.69) is 91.0 Å². The van der Waals surface area contributed by atoms with Gasteiger partial charge >= 0.3 is 0 Å². The maximum absolute atomic E-state index is 8.59. The van der Waals surface area contributed by atoms with Crippen molar-refractivity contribution >= 4 is 28.6 Å². The molecule has 0 aliphatic heterocycles. The van der Waals surface area contributed by atoms with E-state index in [1.807, 2.05) is 0 Å². The van der Waals surface area contributed by atoms with E-state index in [4.69, 9.17) is 5.41 Å². The maximum atomic E-state index is 8.59. The molecule has 4 aromatic rings. The van der Waals surface area contributed by atoms with E-state index < -0.39 is 0 Å². The first kappa shape index (κ1) is 20.2. The van der Waals surface area contributed by atoms with Crippen molar-refractivity contribution in [3.63, 3.8) is 0 Å². The third-order valence-electron chi connectivity index (χ3n) is 7.67. The zero-order valence-electron chi connectivity index (χ0n) is 18.9. The number of benzene rings is 4. The number of allylic oxidation sites excluding steroid dienone is 1. The minimum absolute atomic E-state index is 0.146. The van der Waals surface area contributed by atoms with Crippen molar-refractivity contribution in [3.05, 3.63) is 118 Å². The molecule has 0 spiro atoms. The van der Waals surface area contributed by atoms with Crippen molar-refractivity contribution in [1.29, 1.82) is 5.41 Å². The van der Waals surface area contributed by atoms with Crippen molar-refractivity contribution < 1.29 is 0 Å².